The Morgan fingerprint density at radius 3 is 2.64 bits per heavy atom. The SMILES string of the molecule is CN/C(C)=C/C1=C(C)C(C)CC(C)C1. The lowest BCUT2D eigenvalue weighted by Crippen LogP contribution is -2.14. The highest BCUT2D eigenvalue weighted by molar-refractivity contribution is 5.30. The van der Waals surface area contributed by atoms with Crippen LogP contribution in [0.1, 0.15) is 40.5 Å². The summed E-state index contributed by atoms with van der Waals surface area (Å²) >= 11 is 0. The van der Waals surface area contributed by atoms with Crippen LogP contribution in [0.15, 0.2) is 22.9 Å². The van der Waals surface area contributed by atoms with Crippen molar-refractivity contribution in [3.63, 3.8) is 0 Å². The van der Waals surface area contributed by atoms with Gasteiger partial charge in [0.25, 0.3) is 0 Å². The van der Waals surface area contributed by atoms with Crippen molar-refractivity contribution in [3.8, 4) is 0 Å². The van der Waals surface area contributed by atoms with E-state index < -0.39 is 0 Å². The van der Waals surface area contributed by atoms with Crippen LogP contribution in [-0.2, 0) is 0 Å². The molecule has 14 heavy (non-hydrogen) atoms. The summed E-state index contributed by atoms with van der Waals surface area (Å²) in [6.07, 6.45) is 4.90. The van der Waals surface area contributed by atoms with E-state index >= 15 is 0 Å². The van der Waals surface area contributed by atoms with E-state index in [9.17, 15) is 0 Å². The Labute approximate surface area is 88.3 Å². The third-order valence-corrected chi connectivity index (χ3v) is 3.36. The first-order valence-electron chi connectivity index (χ1n) is 5.60. The summed E-state index contributed by atoms with van der Waals surface area (Å²) in [5.41, 5.74) is 4.39. The first-order valence-corrected chi connectivity index (χ1v) is 5.60. The van der Waals surface area contributed by atoms with Crippen molar-refractivity contribution < 1.29 is 0 Å². The molecule has 0 bridgehead atoms. The summed E-state index contributed by atoms with van der Waals surface area (Å²) in [6, 6.07) is 0. The van der Waals surface area contributed by atoms with E-state index in [-0.39, 0.29) is 0 Å². The number of nitrogens with one attached hydrogen (secondary N) is 1. The fourth-order valence-electron chi connectivity index (χ4n) is 2.22. The van der Waals surface area contributed by atoms with Crippen LogP contribution in [0.2, 0.25) is 0 Å². The third-order valence-electron chi connectivity index (χ3n) is 3.36. The maximum absolute atomic E-state index is 3.19. The predicted octanol–water partition coefficient (Wildman–Crippen LogP) is 3.49. The van der Waals surface area contributed by atoms with E-state index in [1.165, 1.54) is 18.5 Å². The van der Waals surface area contributed by atoms with Crippen LogP contribution in [0, 0.1) is 11.8 Å². The molecule has 2 unspecified atom stereocenters. The molecular formula is C13H23N. The van der Waals surface area contributed by atoms with Gasteiger partial charge in [0, 0.05) is 12.7 Å². The van der Waals surface area contributed by atoms with E-state index in [4.69, 9.17) is 0 Å². The molecule has 0 radical (unpaired) electrons. The molecule has 0 aromatic rings. The molecule has 0 fully saturated rings. The van der Waals surface area contributed by atoms with E-state index in [1.54, 1.807) is 11.1 Å². The molecular weight excluding hydrogens is 170 g/mol. The maximum atomic E-state index is 3.19. The molecule has 0 spiro atoms. The third kappa shape index (κ3) is 2.63. The van der Waals surface area contributed by atoms with Crippen LogP contribution in [0.4, 0.5) is 0 Å². The van der Waals surface area contributed by atoms with Gasteiger partial charge in [-0.2, -0.15) is 0 Å². The van der Waals surface area contributed by atoms with Crippen LogP contribution >= 0.6 is 0 Å². The van der Waals surface area contributed by atoms with E-state index in [0.717, 1.165) is 11.8 Å². The zero-order chi connectivity index (χ0) is 10.7. The van der Waals surface area contributed by atoms with Crippen molar-refractivity contribution in [2.24, 2.45) is 11.8 Å². The van der Waals surface area contributed by atoms with Gasteiger partial charge in [-0.25, -0.2) is 0 Å². The second-order valence-electron chi connectivity index (χ2n) is 4.73. The second kappa shape index (κ2) is 4.68. The number of rotatable bonds is 2. The zero-order valence-corrected chi connectivity index (χ0v) is 10.1. The summed E-state index contributed by atoms with van der Waals surface area (Å²) in [4.78, 5) is 0. The number of hydrogen-bond donors (Lipinski definition) is 1. The molecule has 0 aliphatic heterocycles. The standard InChI is InChI=1S/C13H23N/c1-9-6-10(2)12(4)13(7-9)8-11(3)14-5/h8-10,14H,6-7H2,1-5H3/b11-8+. The van der Waals surface area contributed by atoms with E-state index in [0.29, 0.717) is 0 Å². The molecule has 1 heteroatoms. The Hall–Kier alpha value is -0.720. The minimum atomic E-state index is 0.759. The fraction of sp³-hybridized carbons (Fsp3) is 0.692. The Morgan fingerprint density at radius 1 is 1.43 bits per heavy atom. The van der Waals surface area contributed by atoms with Crippen LogP contribution in [0.5, 0.6) is 0 Å². The highest BCUT2D eigenvalue weighted by Gasteiger charge is 2.19. The molecule has 0 saturated carbocycles. The lowest BCUT2D eigenvalue weighted by molar-refractivity contribution is 0.420. The molecule has 1 rings (SSSR count). The molecule has 1 aliphatic carbocycles. The van der Waals surface area contributed by atoms with Gasteiger partial charge in [0.1, 0.15) is 0 Å². The van der Waals surface area contributed by atoms with Crippen LogP contribution in [0.25, 0.3) is 0 Å². The van der Waals surface area contributed by atoms with Gasteiger partial charge in [-0.15, -0.1) is 0 Å². The average molecular weight is 193 g/mol. The molecule has 0 heterocycles. The normalized spacial score (nSPS) is 29.4. The highest BCUT2D eigenvalue weighted by atomic mass is 14.8. The largest absolute Gasteiger partial charge is 0.392 e. The average Bonchev–Trinajstić information content (AvgIpc) is 2.13. The van der Waals surface area contributed by atoms with Gasteiger partial charge >= 0.3 is 0 Å². The number of allylic oxidation sites excluding steroid dienone is 4. The molecule has 0 aromatic carbocycles. The fourth-order valence-corrected chi connectivity index (χ4v) is 2.22. The maximum Gasteiger partial charge on any atom is 0.00751 e. The topological polar surface area (TPSA) is 12.0 Å². The van der Waals surface area contributed by atoms with Gasteiger partial charge in [0.05, 0.1) is 0 Å². The molecule has 80 valence electrons. The summed E-state index contributed by atoms with van der Waals surface area (Å²) in [7, 11) is 1.98. The molecule has 1 aliphatic rings. The van der Waals surface area contributed by atoms with Crippen LogP contribution in [-0.4, -0.2) is 7.05 Å². The Kier molecular flexibility index (Phi) is 3.79. The van der Waals surface area contributed by atoms with Crippen molar-refractivity contribution in [1.29, 1.82) is 0 Å². The van der Waals surface area contributed by atoms with Crippen molar-refractivity contribution in [2.45, 2.75) is 40.5 Å². The van der Waals surface area contributed by atoms with Crippen molar-refractivity contribution in [1.82, 2.24) is 5.32 Å². The lowest BCUT2D eigenvalue weighted by Gasteiger charge is -2.27. The quantitative estimate of drug-likeness (QED) is 0.708. The molecule has 1 nitrogen and oxygen atoms in total. The van der Waals surface area contributed by atoms with Crippen LogP contribution in [0.3, 0.4) is 0 Å². The van der Waals surface area contributed by atoms with Crippen molar-refractivity contribution >= 4 is 0 Å². The van der Waals surface area contributed by atoms with Crippen LogP contribution < -0.4 is 5.32 Å². The summed E-state index contributed by atoms with van der Waals surface area (Å²) in [5.74, 6) is 1.60. The minimum absolute atomic E-state index is 0.759. The Balaban J connectivity index is 2.89. The van der Waals surface area contributed by atoms with Crippen molar-refractivity contribution in [2.75, 3.05) is 7.05 Å². The van der Waals surface area contributed by atoms with E-state index in [2.05, 4.69) is 39.1 Å². The Morgan fingerprint density at radius 2 is 2.07 bits per heavy atom. The monoisotopic (exact) mass is 193 g/mol. The molecule has 0 amide bonds. The molecule has 2 atom stereocenters. The minimum Gasteiger partial charge on any atom is -0.392 e. The van der Waals surface area contributed by atoms with Gasteiger partial charge in [-0.3, -0.25) is 0 Å². The lowest BCUT2D eigenvalue weighted by atomic mass is 9.79. The van der Waals surface area contributed by atoms with Gasteiger partial charge < -0.3 is 5.32 Å². The van der Waals surface area contributed by atoms with Gasteiger partial charge in [0.15, 0.2) is 0 Å². The molecule has 0 aromatic heterocycles. The predicted molar refractivity (Wildman–Crippen MR) is 63.1 cm³/mol. The van der Waals surface area contributed by atoms with Gasteiger partial charge in [-0.1, -0.05) is 19.4 Å². The summed E-state index contributed by atoms with van der Waals surface area (Å²) in [6.45, 7) is 9.11. The molecule has 1 N–H and O–H groups in total. The summed E-state index contributed by atoms with van der Waals surface area (Å²) < 4.78 is 0. The second-order valence-corrected chi connectivity index (χ2v) is 4.73. The first-order chi connectivity index (χ1) is 6.54. The molecule has 0 saturated heterocycles. The number of hydrogen-bond acceptors (Lipinski definition) is 1. The summed E-state index contributed by atoms with van der Waals surface area (Å²) in [5, 5.41) is 3.19. The van der Waals surface area contributed by atoms with E-state index in [1.807, 2.05) is 7.05 Å². The Bertz CT molecular complexity index is 260. The smallest absolute Gasteiger partial charge is 0.00751 e. The van der Waals surface area contributed by atoms with Crippen molar-refractivity contribution in [3.05, 3.63) is 22.9 Å². The van der Waals surface area contributed by atoms with Gasteiger partial charge in [-0.05, 0) is 50.2 Å². The highest BCUT2D eigenvalue weighted by Crippen LogP contribution is 2.34. The first kappa shape index (κ1) is 11.4. The van der Waals surface area contributed by atoms with Gasteiger partial charge in [0.2, 0.25) is 0 Å². The zero-order valence-electron chi connectivity index (χ0n) is 10.1.